The molecule has 1 unspecified atom stereocenters. The molecular formula is C9H17F3N2S. The van der Waals surface area contributed by atoms with Crippen LogP contribution < -0.4 is 5.32 Å². The highest BCUT2D eigenvalue weighted by Crippen LogP contribution is 2.30. The van der Waals surface area contributed by atoms with Gasteiger partial charge in [-0.2, -0.15) is 13.2 Å². The van der Waals surface area contributed by atoms with Gasteiger partial charge in [0.2, 0.25) is 0 Å². The molecule has 1 heterocycles. The second kappa shape index (κ2) is 5.96. The molecule has 1 atom stereocenters. The van der Waals surface area contributed by atoms with Crippen LogP contribution in [0.15, 0.2) is 0 Å². The van der Waals surface area contributed by atoms with Crippen LogP contribution in [0.3, 0.4) is 0 Å². The fourth-order valence-corrected chi connectivity index (χ4v) is 2.49. The summed E-state index contributed by atoms with van der Waals surface area (Å²) in [6.07, 6.45) is 2.19. The quantitative estimate of drug-likeness (QED) is 0.793. The van der Waals surface area contributed by atoms with Crippen molar-refractivity contribution in [1.82, 2.24) is 10.2 Å². The highest BCUT2D eigenvalue weighted by molar-refractivity contribution is 8.00. The number of hydrogen-bond donors (Lipinski definition) is 1. The Balaban J connectivity index is 2.20. The van der Waals surface area contributed by atoms with Crippen molar-refractivity contribution in [2.75, 3.05) is 32.4 Å². The summed E-state index contributed by atoms with van der Waals surface area (Å²) in [5.41, 5.74) is -4.09. The van der Waals surface area contributed by atoms with Crippen LogP contribution in [-0.2, 0) is 0 Å². The van der Waals surface area contributed by atoms with Gasteiger partial charge in [0.1, 0.15) is 0 Å². The minimum absolute atomic E-state index is 0.0785. The Labute approximate surface area is 92.6 Å². The van der Waals surface area contributed by atoms with Crippen LogP contribution >= 0.6 is 11.8 Å². The minimum Gasteiger partial charge on any atom is -0.318 e. The number of hydrogen-bond acceptors (Lipinski definition) is 3. The molecule has 2 nitrogen and oxygen atoms in total. The molecule has 15 heavy (non-hydrogen) atoms. The van der Waals surface area contributed by atoms with E-state index in [0.717, 1.165) is 25.9 Å². The Kier molecular flexibility index (Phi) is 5.22. The first-order valence-corrected chi connectivity index (χ1v) is 6.11. The van der Waals surface area contributed by atoms with Crippen molar-refractivity contribution in [2.45, 2.75) is 24.4 Å². The zero-order valence-corrected chi connectivity index (χ0v) is 9.63. The first-order valence-electron chi connectivity index (χ1n) is 5.12. The summed E-state index contributed by atoms with van der Waals surface area (Å²) in [5.74, 6) is 0.143. The molecule has 0 spiro atoms. The summed E-state index contributed by atoms with van der Waals surface area (Å²) >= 11 is 0.0785. The number of rotatable bonds is 5. The van der Waals surface area contributed by atoms with E-state index in [1.54, 1.807) is 0 Å². The fraction of sp³-hybridized carbons (Fsp3) is 1.00. The summed E-state index contributed by atoms with van der Waals surface area (Å²) in [4.78, 5) is 2.15. The van der Waals surface area contributed by atoms with Crippen molar-refractivity contribution in [3.8, 4) is 0 Å². The van der Waals surface area contributed by atoms with Crippen LogP contribution in [0.25, 0.3) is 0 Å². The molecule has 0 amide bonds. The van der Waals surface area contributed by atoms with Gasteiger partial charge in [0.15, 0.2) is 0 Å². The number of halogens is 3. The van der Waals surface area contributed by atoms with Gasteiger partial charge in [0.25, 0.3) is 0 Å². The standard InChI is InChI=1S/C9H17F3N2S/c1-13-7-8-3-2-4-14(8)5-6-15-9(10,11)12/h8,13H,2-7H2,1H3. The topological polar surface area (TPSA) is 15.3 Å². The third-order valence-corrected chi connectivity index (χ3v) is 3.30. The molecule has 90 valence electrons. The summed E-state index contributed by atoms with van der Waals surface area (Å²) < 4.78 is 35.7. The maximum atomic E-state index is 11.9. The molecule has 0 bridgehead atoms. The van der Waals surface area contributed by atoms with Crippen LogP contribution in [0.2, 0.25) is 0 Å². The van der Waals surface area contributed by atoms with Crippen LogP contribution in [0.5, 0.6) is 0 Å². The van der Waals surface area contributed by atoms with E-state index in [-0.39, 0.29) is 17.5 Å². The lowest BCUT2D eigenvalue weighted by Crippen LogP contribution is -2.38. The smallest absolute Gasteiger partial charge is 0.318 e. The number of alkyl halides is 3. The lowest BCUT2D eigenvalue weighted by atomic mass is 10.2. The van der Waals surface area contributed by atoms with Gasteiger partial charge in [-0.1, -0.05) is 0 Å². The van der Waals surface area contributed by atoms with E-state index < -0.39 is 5.51 Å². The van der Waals surface area contributed by atoms with Crippen molar-refractivity contribution in [2.24, 2.45) is 0 Å². The second-order valence-electron chi connectivity index (χ2n) is 3.68. The molecule has 1 saturated heterocycles. The fourth-order valence-electron chi connectivity index (χ4n) is 1.93. The molecule has 1 N–H and O–H groups in total. The summed E-state index contributed by atoms with van der Waals surface area (Å²) in [5, 5.41) is 3.08. The molecule has 0 radical (unpaired) electrons. The maximum Gasteiger partial charge on any atom is 0.441 e. The Hall–Kier alpha value is 0.0600. The average Bonchev–Trinajstić information content (AvgIpc) is 2.51. The molecule has 0 aromatic rings. The third kappa shape index (κ3) is 5.08. The van der Waals surface area contributed by atoms with Crippen molar-refractivity contribution >= 4 is 11.8 Å². The lowest BCUT2D eigenvalue weighted by molar-refractivity contribution is -0.0328. The van der Waals surface area contributed by atoms with Gasteiger partial charge in [-0.05, 0) is 38.2 Å². The predicted molar refractivity (Wildman–Crippen MR) is 57.0 cm³/mol. The predicted octanol–water partition coefficient (Wildman–Crippen LogP) is 1.92. The zero-order chi connectivity index (χ0) is 11.3. The van der Waals surface area contributed by atoms with Crippen LogP contribution in [0, 0.1) is 0 Å². The van der Waals surface area contributed by atoms with Gasteiger partial charge in [-0.3, -0.25) is 4.90 Å². The normalized spacial score (nSPS) is 23.6. The molecule has 0 aromatic heterocycles. The van der Waals surface area contributed by atoms with Crippen LogP contribution in [-0.4, -0.2) is 48.9 Å². The highest BCUT2D eigenvalue weighted by atomic mass is 32.2. The second-order valence-corrected chi connectivity index (χ2v) is 4.84. The lowest BCUT2D eigenvalue weighted by Gasteiger charge is -2.24. The van der Waals surface area contributed by atoms with Crippen LogP contribution in [0.1, 0.15) is 12.8 Å². The minimum atomic E-state index is -4.09. The Bertz CT molecular complexity index is 187. The van der Waals surface area contributed by atoms with Crippen molar-refractivity contribution in [3.63, 3.8) is 0 Å². The monoisotopic (exact) mass is 242 g/mol. The molecule has 1 aliphatic rings. The molecule has 1 fully saturated rings. The number of thioether (sulfide) groups is 1. The largest absolute Gasteiger partial charge is 0.441 e. The molecule has 0 aromatic carbocycles. The van der Waals surface area contributed by atoms with E-state index in [9.17, 15) is 13.2 Å². The average molecular weight is 242 g/mol. The highest BCUT2D eigenvalue weighted by Gasteiger charge is 2.29. The summed E-state index contributed by atoms with van der Waals surface area (Å²) in [6.45, 7) is 2.35. The van der Waals surface area contributed by atoms with Gasteiger partial charge in [0.05, 0.1) is 0 Å². The van der Waals surface area contributed by atoms with Crippen molar-refractivity contribution < 1.29 is 13.2 Å². The van der Waals surface area contributed by atoms with Gasteiger partial charge < -0.3 is 5.32 Å². The van der Waals surface area contributed by atoms with E-state index in [2.05, 4.69) is 10.2 Å². The number of likely N-dealkylation sites (N-methyl/N-ethyl adjacent to an activating group) is 1. The maximum absolute atomic E-state index is 11.9. The number of nitrogens with zero attached hydrogens (tertiary/aromatic N) is 1. The molecule has 0 aliphatic carbocycles. The molecule has 0 saturated carbocycles. The van der Waals surface area contributed by atoms with Crippen molar-refractivity contribution in [1.29, 1.82) is 0 Å². The summed E-state index contributed by atoms with van der Waals surface area (Å²) in [6, 6.07) is 0.420. The number of likely N-dealkylation sites (tertiary alicyclic amines) is 1. The van der Waals surface area contributed by atoms with Gasteiger partial charge >= 0.3 is 5.51 Å². The molecular weight excluding hydrogens is 225 g/mol. The Morgan fingerprint density at radius 1 is 1.47 bits per heavy atom. The third-order valence-electron chi connectivity index (χ3n) is 2.58. The Morgan fingerprint density at radius 2 is 2.20 bits per heavy atom. The number of nitrogens with one attached hydrogen (secondary N) is 1. The van der Waals surface area contributed by atoms with Crippen molar-refractivity contribution in [3.05, 3.63) is 0 Å². The van der Waals surface area contributed by atoms with Crippen LogP contribution in [0.4, 0.5) is 13.2 Å². The van der Waals surface area contributed by atoms with E-state index in [1.165, 1.54) is 0 Å². The zero-order valence-electron chi connectivity index (χ0n) is 8.81. The van der Waals surface area contributed by atoms with E-state index in [4.69, 9.17) is 0 Å². The molecule has 1 rings (SSSR count). The van der Waals surface area contributed by atoms with E-state index in [0.29, 0.717) is 12.6 Å². The molecule has 6 heteroatoms. The van der Waals surface area contributed by atoms with Gasteiger partial charge in [0, 0.05) is 24.9 Å². The molecule has 1 aliphatic heterocycles. The van der Waals surface area contributed by atoms with E-state index >= 15 is 0 Å². The Morgan fingerprint density at radius 3 is 2.80 bits per heavy atom. The summed E-state index contributed by atoms with van der Waals surface area (Å²) in [7, 11) is 1.88. The van der Waals surface area contributed by atoms with Gasteiger partial charge in [-0.25, -0.2) is 0 Å². The first-order chi connectivity index (χ1) is 7.03. The van der Waals surface area contributed by atoms with E-state index in [1.807, 2.05) is 7.05 Å². The van der Waals surface area contributed by atoms with Gasteiger partial charge in [-0.15, -0.1) is 0 Å². The first kappa shape index (κ1) is 13.1. The SMILES string of the molecule is CNCC1CCCN1CCSC(F)(F)F.